The summed E-state index contributed by atoms with van der Waals surface area (Å²) in [5, 5.41) is 0. The first kappa shape index (κ1) is 18.4. The van der Waals surface area contributed by atoms with Gasteiger partial charge in [0.05, 0.1) is 15.5 Å². The molecule has 0 bridgehead atoms. The minimum atomic E-state index is -3.81. The van der Waals surface area contributed by atoms with Crippen LogP contribution in [0, 0.1) is 20.8 Å². The number of benzene rings is 2. The van der Waals surface area contributed by atoms with Gasteiger partial charge in [0.1, 0.15) is 0 Å². The van der Waals surface area contributed by atoms with E-state index in [0.717, 1.165) is 5.56 Å². The Balaban J connectivity index is 2.46. The number of sulfonamides is 2. The summed E-state index contributed by atoms with van der Waals surface area (Å²) < 4.78 is 53.8. The van der Waals surface area contributed by atoms with Gasteiger partial charge in [0.15, 0.2) is 0 Å². The minimum absolute atomic E-state index is 0.0332. The third kappa shape index (κ3) is 3.77. The van der Waals surface area contributed by atoms with Crippen LogP contribution >= 0.6 is 0 Å². The van der Waals surface area contributed by atoms with Gasteiger partial charge in [-0.05, 0) is 57.1 Å². The highest BCUT2D eigenvalue weighted by Gasteiger charge is 2.20. The predicted molar refractivity (Wildman–Crippen MR) is 94.1 cm³/mol. The second-order valence-electron chi connectivity index (χ2n) is 5.56. The molecule has 0 saturated heterocycles. The molecule has 0 saturated carbocycles. The molecule has 2 rings (SSSR count). The normalized spacial score (nSPS) is 12.2. The van der Waals surface area contributed by atoms with Crippen LogP contribution in [-0.2, 0) is 20.0 Å². The monoisotopic (exact) mass is 368 g/mol. The number of rotatable bonds is 5. The third-order valence-corrected chi connectivity index (χ3v) is 6.72. The molecule has 0 aliphatic heterocycles. The SMILES string of the molecule is CNS(=O)(=O)c1cc(NS(=O)(=O)c2ccc(C)cc2C)ccc1C. The maximum absolute atomic E-state index is 12.6. The van der Waals surface area contributed by atoms with Crippen molar-refractivity contribution >= 4 is 25.7 Å². The minimum Gasteiger partial charge on any atom is -0.280 e. The maximum atomic E-state index is 12.6. The van der Waals surface area contributed by atoms with E-state index in [2.05, 4.69) is 9.44 Å². The summed E-state index contributed by atoms with van der Waals surface area (Å²) in [6.45, 7) is 5.24. The van der Waals surface area contributed by atoms with Crippen LogP contribution in [0.4, 0.5) is 5.69 Å². The average molecular weight is 368 g/mol. The van der Waals surface area contributed by atoms with Gasteiger partial charge in [-0.3, -0.25) is 4.72 Å². The van der Waals surface area contributed by atoms with E-state index >= 15 is 0 Å². The van der Waals surface area contributed by atoms with Crippen LogP contribution in [0.5, 0.6) is 0 Å². The van der Waals surface area contributed by atoms with Crippen LogP contribution in [0.3, 0.4) is 0 Å². The maximum Gasteiger partial charge on any atom is 0.262 e. The molecule has 0 spiro atoms. The number of hydrogen-bond acceptors (Lipinski definition) is 4. The summed E-state index contributed by atoms with van der Waals surface area (Å²) in [7, 11) is -6.17. The van der Waals surface area contributed by atoms with Gasteiger partial charge in [0, 0.05) is 0 Å². The number of aryl methyl sites for hydroxylation is 3. The summed E-state index contributed by atoms with van der Waals surface area (Å²) in [6.07, 6.45) is 0. The summed E-state index contributed by atoms with van der Waals surface area (Å²) in [4.78, 5) is 0.192. The van der Waals surface area contributed by atoms with E-state index in [-0.39, 0.29) is 15.5 Å². The first-order valence-electron chi connectivity index (χ1n) is 7.21. The lowest BCUT2D eigenvalue weighted by Gasteiger charge is -2.13. The molecule has 0 atom stereocenters. The van der Waals surface area contributed by atoms with Gasteiger partial charge in [-0.1, -0.05) is 23.8 Å². The molecule has 0 aromatic heterocycles. The summed E-state index contributed by atoms with van der Waals surface area (Å²) in [6, 6.07) is 9.43. The Kier molecular flexibility index (Phi) is 5.03. The molecule has 0 aliphatic carbocycles. The molecule has 0 aliphatic rings. The van der Waals surface area contributed by atoms with E-state index in [9.17, 15) is 16.8 Å². The Hall–Kier alpha value is -1.90. The molecule has 0 amide bonds. The van der Waals surface area contributed by atoms with Crippen LogP contribution in [0.25, 0.3) is 0 Å². The van der Waals surface area contributed by atoms with Crippen LogP contribution in [0.2, 0.25) is 0 Å². The average Bonchev–Trinajstić information content (AvgIpc) is 2.48. The lowest BCUT2D eigenvalue weighted by Crippen LogP contribution is -2.20. The van der Waals surface area contributed by atoms with Crippen LogP contribution < -0.4 is 9.44 Å². The molecule has 24 heavy (non-hydrogen) atoms. The summed E-state index contributed by atoms with van der Waals surface area (Å²) in [5.41, 5.74) is 2.30. The molecule has 6 nitrogen and oxygen atoms in total. The highest BCUT2D eigenvalue weighted by Crippen LogP contribution is 2.24. The van der Waals surface area contributed by atoms with Crippen molar-refractivity contribution in [3.05, 3.63) is 53.1 Å². The topological polar surface area (TPSA) is 92.3 Å². The van der Waals surface area contributed by atoms with Crippen molar-refractivity contribution in [1.29, 1.82) is 0 Å². The molecular formula is C16H20N2O4S2. The van der Waals surface area contributed by atoms with E-state index in [1.165, 1.54) is 25.2 Å². The smallest absolute Gasteiger partial charge is 0.262 e. The summed E-state index contributed by atoms with van der Waals surface area (Å²) >= 11 is 0. The van der Waals surface area contributed by atoms with Crippen molar-refractivity contribution in [3.63, 3.8) is 0 Å². The lowest BCUT2D eigenvalue weighted by atomic mass is 10.2. The highest BCUT2D eigenvalue weighted by molar-refractivity contribution is 7.92. The standard InChI is InChI=1S/C16H20N2O4S2/c1-11-5-8-15(13(3)9-11)24(21,22)18-14-7-6-12(2)16(10-14)23(19,20)17-4/h5-10,17-18H,1-4H3. The van der Waals surface area contributed by atoms with Gasteiger partial charge in [-0.15, -0.1) is 0 Å². The van der Waals surface area contributed by atoms with Gasteiger partial charge in [0.2, 0.25) is 10.0 Å². The Morgan fingerprint density at radius 2 is 1.42 bits per heavy atom. The Labute approximate surface area is 143 Å². The van der Waals surface area contributed by atoms with Crippen LogP contribution in [0.1, 0.15) is 16.7 Å². The Bertz CT molecular complexity index is 981. The summed E-state index contributed by atoms with van der Waals surface area (Å²) in [5.74, 6) is 0. The second-order valence-corrected chi connectivity index (χ2v) is 9.07. The first-order chi connectivity index (χ1) is 11.1. The Morgan fingerprint density at radius 1 is 0.750 bits per heavy atom. The first-order valence-corrected chi connectivity index (χ1v) is 10.2. The van der Waals surface area contributed by atoms with E-state index in [1.54, 1.807) is 32.0 Å². The van der Waals surface area contributed by atoms with Crippen molar-refractivity contribution in [1.82, 2.24) is 4.72 Å². The number of nitrogens with one attached hydrogen (secondary N) is 2. The molecular weight excluding hydrogens is 348 g/mol. The third-order valence-electron chi connectivity index (χ3n) is 3.62. The van der Waals surface area contributed by atoms with Crippen molar-refractivity contribution in [2.24, 2.45) is 0 Å². The number of anilines is 1. The predicted octanol–water partition coefficient (Wildman–Crippen LogP) is 2.32. The molecule has 130 valence electrons. The fourth-order valence-corrected chi connectivity index (χ4v) is 4.65. The van der Waals surface area contributed by atoms with E-state index in [4.69, 9.17) is 0 Å². The quantitative estimate of drug-likeness (QED) is 0.847. The molecule has 0 heterocycles. The highest BCUT2D eigenvalue weighted by atomic mass is 32.2. The van der Waals surface area contributed by atoms with Crippen molar-refractivity contribution in [2.75, 3.05) is 11.8 Å². The van der Waals surface area contributed by atoms with Crippen molar-refractivity contribution < 1.29 is 16.8 Å². The van der Waals surface area contributed by atoms with Crippen LogP contribution in [0.15, 0.2) is 46.2 Å². The van der Waals surface area contributed by atoms with Crippen molar-refractivity contribution in [3.8, 4) is 0 Å². The fraction of sp³-hybridized carbons (Fsp3) is 0.250. The van der Waals surface area contributed by atoms with Crippen molar-refractivity contribution in [2.45, 2.75) is 30.6 Å². The second kappa shape index (κ2) is 6.54. The zero-order valence-electron chi connectivity index (χ0n) is 13.9. The zero-order chi connectivity index (χ0) is 18.1. The van der Waals surface area contributed by atoms with Gasteiger partial charge in [-0.2, -0.15) is 0 Å². The van der Waals surface area contributed by atoms with Gasteiger partial charge in [0.25, 0.3) is 10.0 Å². The largest absolute Gasteiger partial charge is 0.280 e. The molecule has 2 aromatic rings. The van der Waals surface area contributed by atoms with Gasteiger partial charge >= 0.3 is 0 Å². The lowest BCUT2D eigenvalue weighted by molar-refractivity contribution is 0.587. The fourth-order valence-electron chi connectivity index (χ4n) is 2.37. The molecule has 0 unspecified atom stereocenters. The van der Waals surface area contributed by atoms with E-state index in [0.29, 0.717) is 11.1 Å². The molecule has 8 heteroatoms. The van der Waals surface area contributed by atoms with Gasteiger partial charge < -0.3 is 0 Å². The Morgan fingerprint density at radius 3 is 2.00 bits per heavy atom. The van der Waals surface area contributed by atoms with Gasteiger partial charge in [-0.25, -0.2) is 21.6 Å². The number of hydrogen-bond donors (Lipinski definition) is 2. The molecule has 0 fully saturated rings. The molecule has 2 aromatic carbocycles. The van der Waals surface area contributed by atoms with Crippen LogP contribution in [-0.4, -0.2) is 23.9 Å². The molecule has 0 radical (unpaired) electrons. The zero-order valence-corrected chi connectivity index (χ0v) is 15.5. The van der Waals surface area contributed by atoms with E-state index < -0.39 is 20.0 Å². The van der Waals surface area contributed by atoms with E-state index in [1.807, 2.05) is 6.92 Å². The molecule has 2 N–H and O–H groups in total.